The van der Waals surface area contributed by atoms with Crippen LogP contribution in [0, 0.1) is 0 Å². The summed E-state index contributed by atoms with van der Waals surface area (Å²) in [5.41, 5.74) is 2.26. The number of morpholine rings is 1. The van der Waals surface area contributed by atoms with E-state index in [2.05, 4.69) is 68.8 Å². The van der Waals surface area contributed by atoms with E-state index in [0.29, 0.717) is 19.0 Å². The zero-order chi connectivity index (χ0) is 19.9. The fourth-order valence-electron chi connectivity index (χ4n) is 2.97. The molecule has 0 aromatic carbocycles. The minimum Gasteiger partial charge on any atom is -0.375 e. The van der Waals surface area contributed by atoms with Crippen LogP contribution in [0.4, 0.5) is 5.82 Å². The molecule has 1 atom stereocenters. The van der Waals surface area contributed by atoms with Crippen LogP contribution < -0.4 is 15.5 Å². The molecule has 2 aromatic rings. The van der Waals surface area contributed by atoms with Crippen molar-refractivity contribution in [2.75, 3.05) is 31.6 Å². The normalized spacial score (nSPS) is 17.8. The number of hydrogen-bond donors (Lipinski definition) is 2. The molecule has 0 amide bonds. The highest BCUT2D eigenvalue weighted by atomic mass is 32.1. The van der Waals surface area contributed by atoms with Crippen molar-refractivity contribution in [3.8, 4) is 0 Å². The fourth-order valence-corrected chi connectivity index (χ4v) is 3.87. The first-order valence-electron chi connectivity index (χ1n) is 9.75. The van der Waals surface area contributed by atoms with Gasteiger partial charge in [-0.05, 0) is 24.5 Å². The van der Waals surface area contributed by atoms with Gasteiger partial charge in [-0.1, -0.05) is 19.9 Å². The second kappa shape index (κ2) is 9.84. The van der Waals surface area contributed by atoms with Crippen LogP contribution in [0.25, 0.3) is 0 Å². The SMILES string of the molecule is CN=C(NCc1ccc(N2CCOC(C)C2)nc1)NCc1nc(C(C)C)cs1. The number of aromatic nitrogens is 2. The van der Waals surface area contributed by atoms with E-state index in [4.69, 9.17) is 4.74 Å². The van der Waals surface area contributed by atoms with Gasteiger partial charge < -0.3 is 20.3 Å². The average Bonchev–Trinajstić information content (AvgIpc) is 3.18. The maximum Gasteiger partial charge on any atom is 0.191 e. The largest absolute Gasteiger partial charge is 0.375 e. The Bertz CT molecular complexity index is 773. The molecule has 1 aliphatic rings. The molecule has 2 N–H and O–H groups in total. The number of nitrogens with one attached hydrogen (secondary N) is 2. The van der Waals surface area contributed by atoms with Crippen molar-refractivity contribution in [1.29, 1.82) is 0 Å². The van der Waals surface area contributed by atoms with E-state index in [9.17, 15) is 0 Å². The van der Waals surface area contributed by atoms with E-state index < -0.39 is 0 Å². The fraction of sp³-hybridized carbons (Fsp3) is 0.550. The first-order valence-corrected chi connectivity index (χ1v) is 10.6. The lowest BCUT2D eigenvalue weighted by Crippen LogP contribution is -2.41. The molecule has 0 saturated carbocycles. The second-order valence-electron chi connectivity index (χ2n) is 7.25. The molecular weight excluding hydrogens is 372 g/mol. The van der Waals surface area contributed by atoms with Gasteiger partial charge in [0.15, 0.2) is 5.96 Å². The number of nitrogens with zero attached hydrogens (tertiary/aromatic N) is 4. The van der Waals surface area contributed by atoms with Crippen LogP contribution in [0.3, 0.4) is 0 Å². The van der Waals surface area contributed by atoms with E-state index >= 15 is 0 Å². The number of pyridine rings is 1. The van der Waals surface area contributed by atoms with E-state index in [-0.39, 0.29) is 6.10 Å². The smallest absolute Gasteiger partial charge is 0.191 e. The van der Waals surface area contributed by atoms with Crippen LogP contribution in [0.1, 0.15) is 43.0 Å². The second-order valence-corrected chi connectivity index (χ2v) is 8.19. The third kappa shape index (κ3) is 5.65. The highest BCUT2D eigenvalue weighted by molar-refractivity contribution is 7.09. The van der Waals surface area contributed by atoms with Crippen molar-refractivity contribution in [3.63, 3.8) is 0 Å². The molecule has 0 aliphatic carbocycles. The molecule has 3 heterocycles. The molecule has 1 saturated heterocycles. The zero-order valence-electron chi connectivity index (χ0n) is 17.1. The highest BCUT2D eigenvalue weighted by Gasteiger charge is 2.17. The lowest BCUT2D eigenvalue weighted by molar-refractivity contribution is 0.0529. The van der Waals surface area contributed by atoms with E-state index in [1.165, 1.54) is 0 Å². The minimum atomic E-state index is 0.251. The van der Waals surface area contributed by atoms with Crippen molar-refractivity contribution in [2.24, 2.45) is 4.99 Å². The van der Waals surface area contributed by atoms with E-state index in [1.807, 2.05) is 6.20 Å². The maximum atomic E-state index is 5.60. The van der Waals surface area contributed by atoms with Gasteiger partial charge in [0.05, 0.1) is 24.9 Å². The van der Waals surface area contributed by atoms with Gasteiger partial charge in [0, 0.05) is 38.3 Å². The molecule has 7 nitrogen and oxygen atoms in total. The molecule has 2 aromatic heterocycles. The van der Waals surface area contributed by atoms with Gasteiger partial charge in [0.1, 0.15) is 10.8 Å². The van der Waals surface area contributed by atoms with Crippen LogP contribution in [0.15, 0.2) is 28.7 Å². The lowest BCUT2D eigenvalue weighted by atomic mass is 10.2. The highest BCUT2D eigenvalue weighted by Crippen LogP contribution is 2.17. The summed E-state index contributed by atoms with van der Waals surface area (Å²) in [6.07, 6.45) is 2.17. The predicted octanol–water partition coefficient (Wildman–Crippen LogP) is 2.75. The number of aliphatic imine (C=N–C) groups is 1. The van der Waals surface area contributed by atoms with Gasteiger partial charge >= 0.3 is 0 Å². The van der Waals surface area contributed by atoms with Crippen LogP contribution >= 0.6 is 11.3 Å². The molecule has 3 rings (SSSR count). The summed E-state index contributed by atoms with van der Waals surface area (Å²) in [6.45, 7) is 10.3. The van der Waals surface area contributed by atoms with Crippen molar-refractivity contribution in [2.45, 2.75) is 45.9 Å². The molecular formula is C20H30N6OS. The maximum absolute atomic E-state index is 5.60. The van der Waals surface area contributed by atoms with E-state index in [0.717, 1.165) is 47.7 Å². The summed E-state index contributed by atoms with van der Waals surface area (Å²) >= 11 is 1.68. The van der Waals surface area contributed by atoms with Gasteiger partial charge in [-0.3, -0.25) is 4.99 Å². The quantitative estimate of drug-likeness (QED) is 0.572. The molecule has 1 unspecified atom stereocenters. The van der Waals surface area contributed by atoms with Gasteiger partial charge in [0.25, 0.3) is 0 Å². The van der Waals surface area contributed by atoms with Crippen molar-refractivity contribution in [1.82, 2.24) is 20.6 Å². The molecule has 1 fully saturated rings. The molecule has 0 bridgehead atoms. The number of hydrogen-bond acceptors (Lipinski definition) is 6. The van der Waals surface area contributed by atoms with Crippen LogP contribution in [-0.2, 0) is 17.8 Å². The summed E-state index contributed by atoms with van der Waals surface area (Å²) < 4.78 is 5.60. The number of thiazole rings is 1. The number of ether oxygens (including phenoxy) is 1. The van der Waals surface area contributed by atoms with Crippen LogP contribution in [-0.4, -0.2) is 48.8 Å². The molecule has 0 radical (unpaired) electrons. The predicted molar refractivity (Wildman–Crippen MR) is 115 cm³/mol. The Morgan fingerprint density at radius 2 is 2.18 bits per heavy atom. The number of guanidine groups is 1. The van der Waals surface area contributed by atoms with Gasteiger partial charge in [-0.25, -0.2) is 9.97 Å². The Morgan fingerprint density at radius 3 is 2.82 bits per heavy atom. The van der Waals surface area contributed by atoms with Gasteiger partial charge in [0.2, 0.25) is 0 Å². The Balaban J connectivity index is 1.47. The van der Waals surface area contributed by atoms with Gasteiger partial charge in [-0.2, -0.15) is 0 Å². The Kier molecular flexibility index (Phi) is 7.22. The Morgan fingerprint density at radius 1 is 1.36 bits per heavy atom. The van der Waals surface area contributed by atoms with Crippen molar-refractivity contribution < 1.29 is 4.74 Å². The monoisotopic (exact) mass is 402 g/mol. The zero-order valence-corrected chi connectivity index (χ0v) is 17.9. The minimum absolute atomic E-state index is 0.251. The summed E-state index contributed by atoms with van der Waals surface area (Å²) in [6, 6.07) is 4.19. The Hall–Kier alpha value is -2.19. The van der Waals surface area contributed by atoms with E-state index in [1.54, 1.807) is 18.4 Å². The topological polar surface area (TPSA) is 74.7 Å². The molecule has 8 heteroatoms. The standard InChI is InChI=1S/C20H30N6OS/c1-14(2)17-13-28-19(25-17)11-24-20(21-4)23-10-16-5-6-18(22-9-16)26-7-8-27-15(3)12-26/h5-6,9,13-15H,7-8,10-12H2,1-4H3,(H2,21,23,24). The summed E-state index contributed by atoms with van der Waals surface area (Å²) in [5.74, 6) is 2.22. The average molecular weight is 403 g/mol. The first-order chi connectivity index (χ1) is 13.5. The molecule has 28 heavy (non-hydrogen) atoms. The number of anilines is 1. The van der Waals surface area contributed by atoms with Crippen molar-refractivity contribution >= 4 is 23.1 Å². The molecule has 0 spiro atoms. The third-order valence-corrected chi connectivity index (χ3v) is 5.49. The first kappa shape index (κ1) is 20.5. The summed E-state index contributed by atoms with van der Waals surface area (Å²) in [5, 5.41) is 9.85. The van der Waals surface area contributed by atoms with Crippen molar-refractivity contribution in [3.05, 3.63) is 40.0 Å². The van der Waals surface area contributed by atoms with Crippen LogP contribution in [0.2, 0.25) is 0 Å². The lowest BCUT2D eigenvalue weighted by Gasteiger charge is -2.32. The van der Waals surface area contributed by atoms with Gasteiger partial charge in [-0.15, -0.1) is 11.3 Å². The molecule has 1 aliphatic heterocycles. The van der Waals surface area contributed by atoms with Crippen LogP contribution in [0.5, 0.6) is 0 Å². The summed E-state index contributed by atoms with van der Waals surface area (Å²) in [4.78, 5) is 15.8. The number of rotatable bonds is 6. The third-order valence-electron chi connectivity index (χ3n) is 4.63. The summed E-state index contributed by atoms with van der Waals surface area (Å²) in [7, 11) is 1.78. The molecule has 152 valence electrons. The Labute approximate surface area is 171 Å².